The van der Waals surface area contributed by atoms with Gasteiger partial charge in [-0.1, -0.05) is 92.4 Å². The van der Waals surface area contributed by atoms with Crippen LogP contribution in [-0.2, 0) is 0 Å². The predicted octanol–water partition coefficient (Wildman–Crippen LogP) is -10.3. The van der Waals surface area contributed by atoms with E-state index in [1.54, 1.807) is 0 Å². The van der Waals surface area contributed by atoms with E-state index in [4.69, 9.17) is 0 Å². The summed E-state index contributed by atoms with van der Waals surface area (Å²) in [6.07, 6.45) is 31.6. The number of nitrogens with zero attached hydrogens (tertiary/aromatic N) is 1. The van der Waals surface area contributed by atoms with Gasteiger partial charge < -0.3 is 98.6 Å². The molecule has 0 aliphatic heterocycles. The van der Waals surface area contributed by atoms with Crippen LogP contribution in [0, 0.1) is 29.6 Å². The molecule has 0 fully saturated rings. The van der Waals surface area contributed by atoms with Gasteiger partial charge in [0.1, 0.15) is 13.1 Å². The first-order valence-electron chi connectivity index (χ1n) is 24.6. The molecule has 0 aromatic carbocycles. The number of hydrogen-bond acceptors (Lipinski definition) is 1. The van der Waals surface area contributed by atoms with Crippen LogP contribution in [0.1, 0.15) is 182 Å². The third-order valence-corrected chi connectivity index (χ3v) is 12.7. The summed E-state index contributed by atoms with van der Waals surface area (Å²) in [5, 5.41) is 20.7. The molecular weight excluding hydrogens is 842 g/mol. The smallest absolute Gasteiger partial charge is 0.151 e. The molecule has 0 aromatic heterocycles. The number of rotatable bonds is 43. The van der Waals surface area contributed by atoms with E-state index < -0.39 is 0 Å². The highest BCUT2D eigenvalue weighted by atomic mass is 35.5. The van der Waals surface area contributed by atoms with Crippen molar-refractivity contribution in [3.05, 3.63) is 0 Å². The summed E-state index contributed by atoms with van der Waals surface area (Å²) in [5.41, 5.74) is 4.22. The van der Waals surface area contributed by atoms with E-state index in [-0.39, 0.29) is 68.1 Å². The van der Waals surface area contributed by atoms with Gasteiger partial charge in [0.15, 0.2) is 6.10 Å². The summed E-state index contributed by atoms with van der Waals surface area (Å²) < 4.78 is 1.10. The minimum atomic E-state index is -0.200. The molecule has 0 amide bonds. The van der Waals surface area contributed by atoms with Gasteiger partial charge in [-0.15, -0.1) is 0 Å². The second kappa shape index (κ2) is 51.8. The third-order valence-electron chi connectivity index (χ3n) is 12.7. The van der Waals surface area contributed by atoms with Crippen LogP contribution in [0.3, 0.4) is 0 Å². The van der Waals surface area contributed by atoms with Gasteiger partial charge in [-0.2, -0.15) is 0 Å². The normalized spacial score (nSPS) is 14.3. The average molecular weight is 951 g/mol. The van der Waals surface area contributed by atoms with Crippen LogP contribution >= 0.6 is 0 Å². The number of aliphatic hydroxyl groups excluding tert-OH is 1. The van der Waals surface area contributed by atoms with Gasteiger partial charge in [-0.25, -0.2) is 0 Å². The summed E-state index contributed by atoms with van der Waals surface area (Å²) in [6, 6.07) is 0. The molecule has 12 N–H and O–H groups in total. The maximum atomic E-state index is 10.7. The lowest BCUT2D eigenvalue weighted by atomic mass is 9.88. The van der Waals surface area contributed by atoms with Gasteiger partial charge >= 0.3 is 0 Å². The lowest BCUT2D eigenvalue weighted by Gasteiger charge is -2.23. The van der Waals surface area contributed by atoms with Gasteiger partial charge in [-0.05, 0) is 89.9 Å². The van der Waals surface area contributed by atoms with Crippen LogP contribution in [-0.4, -0.2) is 102 Å². The van der Waals surface area contributed by atoms with Crippen molar-refractivity contribution in [1.82, 2.24) is 0 Å². The van der Waals surface area contributed by atoms with Crippen molar-refractivity contribution in [2.45, 2.75) is 188 Å². The fourth-order valence-corrected chi connectivity index (χ4v) is 8.34. The molecule has 0 radical (unpaired) electrons. The first kappa shape index (κ1) is 71.8. The average Bonchev–Trinajstić information content (AvgIpc) is 3.14. The van der Waals surface area contributed by atoms with Crippen molar-refractivity contribution >= 4 is 0 Å². The van der Waals surface area contributed by atoms with Gasteiger partial charge in [0, 0.05) is 29.6 Å². The second-order valence-electron chi connectivity index (χ2n) is 19.4. The number of quaternary nitrogens is 6. The molecule has 59 heavy (non-hydrogen) atoms. The minimum Gasteiger partial charge on any atom is -1.00 e. The van der Waals surface area contributed by atoms with Crippen LogP contribution in [0.5, 0.6) is 0 Å². The lowest BCUT2D eigenvalue weighted by molar-refractivity contribution is -0.870. The first-order valence-corrected chi connectivity index (χ1v) is 24.6. The summed E-state index contributed by atoms with van der Waals surface area (Å²) in [5.74, 6) is 4.00. The Morgan fingerprint density at radius 1 is 0.441 bits per heavy atom. The van der Waals surface area contributed by atoms with Gasteiger partial charge in [0.05, 0.1) is 73.5 Å². The number of unbranched alkanes of at least 4 members (excludes halogenated alkanes) is 10. The topological polar surface area (TPSA) is 114 Å². The van der Waals surface area contributed by atoms with Crippen molar-refractivity contribution in [2.75, 3.05) is 86.6 Å². The zero-order valence-corrected chi connectivity index (χ0v) is 44.4. The summed E-state index contributed by atoms with van der Waals surface area (Å²) in [7, 11) is 6.93. The highest BCUT2D eigenvalue weighted by molar-refractivity contribution is 4.66. The Balaban J connectivity index is -0.00000140. The molecule has 0 bridgehead atoms. The summed E-state index contributed by atoms with van der Waals surface area (Å²) >= 11 is 0. The van der Waals surface area contributed by atoms with Crippen LogP contribution in [0.25, 0.3) is 0 Å². The van der Waals surface area contributed by atoms with Crippen LogP contribution in [0.4, 0.5) is 0 Å². The summed E-state index contributed by atoms with van der Waals surface area (Å²) in [4.78, 5) is 0. The first-order chi connectivity index (χ1) is 26.0. The van der Waals surface area contributed by atoms with Crippen molar-refractivity contribution in [1.29, 1.82) is 0 Å². The zero-order chi connectivity index (χ0) is 40.1. The quantitative estimate of drug-likeness (QED) is 0.0265. The molecule has 7 nitrogen and oxygen atoms in total. The van der Waals surface area contributed by atoms with Crippen LogP contribution < -0.4 is 89.0 Å². The molecule has 0 aliphatic rings. The zero-order valence-electron chi connectivity index (χ0n) is 40.6. The Morgan fingerprint density at radius 2 is 0.847 bits per heavy atom. The molecule has 6 unspecified atom stereocenters. The number of nitrogens with two attached hydrogens (primary N) is 4. The van der Waals surface area contributed by atoms with E-state index in [0.717, 1.165) is 60.3 Å². The second-order valence-corrected chi connectivity index (χ2v) is 19.4. The van der Waals surface area contributed by atoms with Gasteiger partial charge in [0.2, 0.25) is 0 Å². The molecule has 0 aromatic rings. The fourth-order valence-electron chi connectivity index (χ4n) is 8.34. The van der Waals surface area contributed by atoms with E-state index in [1.807, 2.05) is 0 Å². The summed E-state index contributed by atoms with van der Waals surface area (Å²) in [6.45, 7) is 23.4. The number of hydrogen-bond donors (Lipinski definition) is 6. The molecule has 0 rings (SSSR count). The standard InChI is InChI=1S/C47H103N6O.5ClH/c1-9-12-13-14-15-16-17-20-33-50-38-45(28-23-26-43(5)37-49-32-21-18-19-22-34-53(6,7)8)30-25-31-46(29-24-27-44(11-3)35-48)39-52-41-47(54)40-51-36-42(4)10-2;;;;;/h42-47,49-52,54H,9-41,48H2,1-8H3;5*1H/q+1;;;;;. The Bertz CT molecular complexity index is 769. The maximum Gasteiger partial charge on any atom is 0.151 e. The lowest BCUT2D eigenvalue weighted by Crippen LogP contribution is -3.00. The molecule has 366 valence electrons. The van der Waals surface area contributed by atoms with Gasteiger partial charge in [-0.3, -0.25) is 0 Å². The van der Waals surface area contributed by atoms with Crippen molar-refractivity contribution in [3.8, 4) is 0 Å². The van der Waals surface area contributed by atoms with E-state index in [0.29, 0.717) is 0 Å². The Labute approximate surface area is 401 Å². The Kier molecular flexibility index (Phi) is 63.0. The number of halogens is 5. The number of aliphatic hydroxyl groups is 1. The fraction of sp³-hybridized carbons (Fsp3) is 1.00. The highest BCUT2D eigenvalue weighted by Gasteiger charge is 2.18. The third kappa shape index (κ3) is 51.7. The van der Waals surface area contributed by atoms with Gasteiger partial charge in [0.25, 0.3) is 0 Å². The van der Waals surface area contributed by atoms with Crippen LogP contribution in [0.2, 0.25) is 0 Å². The SMILES string of the molecule is CCCCCCCCCC[NH2+]CC(CCCC(C)C[NH2+]CCCCCC[N+](C)(C)C)CCCC(CCCC(CC)C[NH3+])C[NH2+]CC(O)C[NH2+]CC(C)CC.[Cl-].[Cl-].[Cl-].[Cl-].[Cl-]. The molecule has 0 spiro atoms. The van der Waals surface area contributed by atoms with E-state index in [2.05, 4.69) is 82.8 Å². The monoisotopic (exact) mass is 948 g/mol. The minimum absolute atomic E-state index is 0. The Morgan fingerprint density at radius 3 is 1.32 bits per heavy atom. The van der Waals surface area contributed by atoms with Crippen molar-refractivity contribution in [3.63, 3.8) is 0 Å². The predicted molar refractivity (Wildman–Crippen MR) is 235 cm³/mol. The molecule has 0 heterocycles. The Hall–Kier alpha value is 1.17. The molecule has 12 heteroatoms. The van der Waals surface area contributed by atoms with E-state index in [1.165, 1.54) is 187 Å². The maximum absolute atomic E-state index is 10.7. The molecular formula is C47H108Cl5N6O+. The van der Waals surface area contributed by atoms with E-state index in [9.17, 15) is 5.11 Å². The van der Waals surface area contributed by atoms with Crippen molar-refractivity contribution in [2.24, 2.45) is 29.6 Å². The molecule has 6 atom stereocenters. The largest absolute Gasteiger partial charge is 1.00 e. The highest BCUT2D eigenvalue weighted by Crippen LogP contribution is 2.22. The molecule has 0 saturated carbocycles. The molecule has 0 saturated heterocycles. The van der Waals surface area contributed by atoms with Crippen LogP contribution in [0.15, 0.2) is 0 Å². The van der Waals surface area contributed by atoms with Crippen molar-refractivity contribution < 1.29 is 98.6 Å². The van der Waals surface area contributed by atoms with E-state index >= 15 is 0 Å². The molecule has 0 aliphatic carbocycles.